The van der Waals surface area contributed by atoms with E-state index in [9.17, 15) is 28.8 Å². The molecule has 0 saturated carbocycles. The number of carbonyl (C=O) groups excluding carboxylic acids is 3. The van der Waals surface area contributed by atoms with Gasteiger partial charge in [0.1, 0.15) is 12.1 Å². The van der Waals surface area contributed by atoms with Crippen LogP contribution in [0.25, 0.3) is 0 Å². The molecule has 3 unspecified atom stereocenters. The van der Waals surface area contributed by atoms with Gasteiger partial charge in [-0.2, -0.15) is 0 Å². The lowest BCUT2D eigenvalue weighted by Gasteiger charge is -2.20. The van der Waals surface area contributed by atoms with E-state index in [0.29, 0.717) is 13.0 Å². The summed E-state index contributed by atoms with van der Waals surface area (Å²) in [4.78, 5) is 68.7. The second-order valence-electron chi connectivity index (χ2n) is 6.42. The molecular formula is C16H24N4O9. The van der Waals surface area contributed by atoms with Crippen molar-refractivity contribution in [3.63, 3.8) is 0 Å². The maximum Gasteiger partial charge on any atom is 0.326 e. The smallest absolute Gasteiger partial charge is 0.326 e. The summed E-state index contributed by atoms with van der Waals surface area (Å²) in [6.07, 6.45) is -0.316. The number of rotatable bonds is 12. The van der Waals surface area contributed by atoms with Crippen LogP contribution in [0, 0.1) is 0 Å². The molecule has 1 aliphatic heterocycles. The lowest BCUT2D eigenvalue weighted by atomic mass is 10.1. The number of hydrogen-bond acceptors (Lipinski definition) is 7. The predicted molar refractivity (Wildman–Crippen MR) is 94.7 cm³/mol. The first-order valence-corrected chi connectivity index (χ1v) is 8.87. The van der Waals surface area contributed by atoms with Gasteiger partial charge in [-0.05, 0) is 25.8 Å². The molecule has 13 heteroatoms. The van der Waals surface area contributed by atoms with Crippen molar-refractivity contribution in [2.24, 2.45) is 0 Å². The quantitative estimate of drug-likeness (QED) is 0.174. The van der Waals surface area contributed by atoms with E-state index < -0.39 is 73.1 Å². The van der Waals surface area contributed by atoms with E-state index in [0.717, 1.165) is 6.42 Å². The zero-order valence-electron chi connectivity index (χ0n) is 15.5. The molecular weight excluding hydrogens is 392 g/mol. The van der Waals surface area contributed by atoms with Crippen molar-refractivity contribution in [1.29, 1.82) is 0 Å². The Morgan fingerprint density at radius 1 is 0.966 bits per heavy atom. The van der Waals surface area contributed by atoms with Gasteiger partial charge in [-0.3, -0.25) is 24.0 Å². The molecule has 29 heavy (non-hydrogen) atoms. The lowest BCUT2D eigenvalue weighted by molar-refractivity contribution is -0.147. The lowest BCUT2D eigenvalue weighted by Crippen LogP contribution is -2.54. The van der Waals surface area contributed by atoms with Crippen molar-refractivity contribution in [1.82, 2.24) is 21.3 Å². The summed E-state index contributed by atoms with van der Waals surface area (Å²) in [6, 6.07) is -3.59. The van der Waals surface area contributed by atoms with E-state index >= 15 is 0 Å². The Balaban J connectivity index is 2.66. The third kappa shape index (κ3) is 9.01. The van der Waals surface area contributed by atoms with Gasteiger partial charge in [-0.1, -0.05) is 0 Å². The average molecular weight is 416 g/mol. The molecule has 0 aromatic heterocycles. The summed E-state index contributed by atoms with van der Waals surface area (Å²) < 4.78 is 0. The van der Waals surface area contributed by atoms with Crippen LogP contribution >= 0.6 is 0 Å². The fourth-order valence-electron chi connectivity index (χ4n) is 2.63. The molecule has 1 heterocycles. The van der Waals surface area contributed by atoms with Gasteiger partial charge in [-0.25, -0.2) is 4.79 Å². The van der Waals surface area contributed by atoms with Crippen molar-refractivity contribution in [2.45, 2.75) is 50.2 Å². The molecule has 1 saturated heterocycles. The predicted octanol–water partition coefficient (Wildman–Crippen LogP) is -2.75. The third-order valence-corrected chi connectivity index (χ3v) is 4.09. The van der Waals surface area contributed by atoms with E-state index in [-0.39, 0.29) is 6.42 Å². The molecule has 1 fully saturated rings. The first-order chi connectivity index (χ1) is 13.6. The molecule has 0 bridgehead atoms. The summed E-state index contributed by atoms with van der Waals surface area (Å²) in [5.41, 5.74) is 0. The van der Waals surface area contributed by atoms with Gasteiger partial charge >= 0.3 is 17.9 Å². The minimum absolute atomic E-state index is 0.357. The molecule has 3 amide bonds. The van der Waals surface area contributed by atoms with Crippen LogP contribution in [0.5, 0.6) is 0 Å². The van der Waals surface area contributed by atoms with Crippen LogP contribution in [-0.2, 0) is 28.8 Å². The fraction of sp³-hybridized carbons (Fsp3) is 0.625. The zero-order chi connectivity index (χ0) is 22.0. The molecule has 162 valence electrons. The van der Waals surface area contributed by atoms with Crippen LogP contribution in [-0.4, -0.2) is 82.2 Å². The summed E-state index contributed by atoms with van der Waals surface area (Å²) in [5.74, 6) is -6.54. The van der Waals surface area contributed by atoms with E-state index in [2.05, 4.69) is 16.0 Å². The first kappa shape index (κ1) is 23.8. The van der Waals surface area contributed by atoms with Crippen molar-refractivity contribution >= 4 is 35.6 Å². The Bertz CT molecular complexity index is 661. The Kier molecular flexibility index (Phi) is 9.51. The molecule has 0 aliphatic carbocycles. The van der Waals surface area contributed by atoms with Gasteiger partial charge < -0.3 is 36.6 Å². The Hall–Kier alpha value is -3.22. The number of hydrogen-bond donors (Lipinski definition) is 7. The van der Waals surface area contributed by atoms with E-state index in [1.54, 1.807) is 0 Å². The molecule has 0 radical (unpaired) electrons. The first-order valence-electron chi connectivity index (χ1n) is 8.87. The molecule has 0 spiro atoms. The van der Waals surface area contributed by atoms with E-state index in [1.807, 2.05) is 5.32 Å². The second-order valence-corrected chi connectivity index (χ2v) is 6.42. The molecule has 0 aromatic rings. The van der Waals surface area contributed by atoms with Crippen LogP contribution in [0.4, 0.5) is 0 Å². The van der Waals surface area contributed by atoms with Crippen molar-refractivity contribution in [3.05, 3.63) is 0 Å². The van der Waals surface area contributed by atoms with Crippen molar-refractivity contribution in [3.8, 4) is 0 Å². The van der Waals surface area contributed by atoms with E-state index in [4.69, 9.17) is 15.3 Å². The fourth-order valence-corrected chi connectivity index (χ4v) is 2.63. The Morgan fingerprint density at radius 2 is 1.66 bits per heavy atom. The molecule has 0 aromatic carbocycles. The molecule has 7 N–H and O–H groups in total. The number of carboxylic acids is 3. The highest BCUT2D eigenvalue weighted by Crippen LogP contribution is 2.04. The van der Waals surface area contributed by atoms with Crippen LogP contribution in [0.2, 0.25) is 0 Å². The van der Waals surface area contributed by atoms with Crippen LogP contribution in [0.3, 0.4) is 0 Å². The second kappa shape index (κ2) is 11.6. The zero-order valence-corrected chi connectivity index (χ0v) is 15.5. The molecule has 13 nitrogen and oxygen atoms in total. The van der Waals surface area contributed by atoms with Gasteiger partial charge in [0.2, 0.25) is 17.7 Å². The monoisotopic (exact) mass is 416 g/mol. The summed E-state index contributed by atoms with van der Waals surface area (Å²) in [6.45, 7) is 0.216. The minimum atomic E-state index is -1.75. The number of carbonyl (C=O) groups is 6. The Morgan fingerprint density at radius 3 is 2.17 bits per heavy atom. The van der Waals surface area contributed by atoms with Gasteiger partial charge in [0, 0.05) is 6.42 Å². The summed E-state index contributed by atoms with van der Waals surface area (Å²) in [5, 5.41) is 36.0. The number of aliphatic carboxylic acids is 3. The van der Waals surface area contributed by atoms with Crippen molar-refractivity contribution in [2.75, 3.05) is 13.1 Å². The summed E-state index contributed by atoms with van der Waals surface area (Å²) >= 11 is 0. The highest BCUT2D eigenvalue weighted by molar-refractivity contribution is 5.93. The van der Waals surface area contributed by atoms with Gasteiger partial charge in [0.05, 0.1) is 19.0 Å². The molecule has 1 rings (SSSR count). The van der Waals surface area contributed by atoms with Crippen LogP contribution < -0.4 is 21.3 Å². The maximum absolute atomic E-state index is 12.3. The highest BCUT2D eigenvalue weighted by Gasteiger charge is 2.29. The van der Waals surface area contributed by atoms with E-state index in [1.165, 1.54) is 0 Å². The number of nitrogens with one attached hydrogen (secondary N) is 4. The minimum Gasteiger partial charge on any atom is -0.481 e. The van der Waals surface area contributed by atoms with Crippen molar-refractivity contribution < 1.29 is 44.1 Å². The van der Waals surface area contributed by atoms with Gasteiger partial charge in [-0.15, -0.1) is 0 Å². The third-order valence-electron chi connectivity index (χ3n) is 4.09. The number of carboxylic acid groups (broad SMARTS) is 3. The normalized spacial score (nSPS) is 17.6. The SMILES string of the molecule is O=C(O)CCC(NC(=O)CNC(=O)C1CCCN1)C(=O)NC(CC(=O)O)C(=O)O. The topological polar surface area (TPSA) is 211 Å². The summed E-state index contributed by atoms with van der Waals surface area (Å²) in [7, 11) is 0. The van der Waals surface area contributed by atoms with Crippen LogP contribution in [0.1, 0.15) is 32.1 Å². The van der Waals surface area contributed by atoms with Gasteiger partial charge in [0.15, 0.2) is 0 Å². The van der Waals surface area contributed by atoms with Gasteiger partial charge in [0.25, 0.3) is 0 Å². The number of amides is 3. The van der Waals surface area contributed by atoms with Crippen LogP contribution in [0.15, 0.2) is 0 Å². The molecule has 1 aliphatic rings. The highest BCUT2D eigenvalue weighted by atomic mass is 16.4. The standard InChI is InChI=1S/C16H24N4O9/c21-11(7-18-14(26)8-2-1-5-17-8)19-9(3-4-12(22)23)15(27)20-10(16(28)29)6-13(24)25/h8-10,17H,1-7H2,(H,18,26)(H,19,21)(H,20,27)(H,22,23)(H,24,25)(H,28,29). The molecule has 3 atom stereocenters. The maximum atomic E-state index is 12.3. The average Bonchev–Trinajstić information content (AvgIpc) is 3.16. The largest absolute Gasteiger partial charge is 0.481 e. The Labute approximate surface area is 165 Å².